The van der Waals surface area contributed by atoms with Crippen molar-refractivity contribution in [3.05, 3.63) is 71.8 Å². The summed E-state index contributed by atoms with van der Waals surface area (Å²) >= 11 is 0. The van der Waals surface area contributed by atoms with Gasteiger partial charge in [0, 0.05) is 38.0 Å². The van der Waals surface area contributed by atoms with Crippen LogP contribution in [0, 0.1) is 5.82 Å². The maximum absolute atomic E-state index is 13.9. The van der Waals surface area contributed by atoms with Crippen molar-refractivity contribution in [1.29, 1.82) is 0 Å². The number of aromatic nitrogens is 2. The minimum atomic E-state index is -0.200. The van der Waals surface area contributed by atoms with Gasteiger partial charge in [0.15, 0.2) is 17.5 Å². The molecule has 0 unspecified atom stereocenters. The molecule has 0 fully saturated rings. The largest absolute Gasteiger partial charge is 0.490 e. The van der Waals surface area contributed by atoms with Crippen LogP contribution in [0.4, 0.5) is 10.1 Å². The SMILES string of the molecule is Cn1nccc1CN=C(NCCc1ccccc1F)Nc1ccc2c(c1)OCCCO2.I. The van der Waals surface area contributed by atoms with Crippen LogP contribution in [0.2, 0.25) is 0 Å². The standard InChI is InChI=1S/C23H26FN5O2.HI/c1-29-19(10-12-27-29)16-26-23(25-11-9-17-5-2-3-6-20(17)24)28-18-7-8-21-22(15-18)31-14-4-13-30-21;/h2-3,5-8,10,12,15H,4,9,11,13-14,16H2,1H3,(H2,25,26,28);1H. The molecule has 0 amide bonds. The molecule has 0 atom stereocenters. The highest BCUT2D eigenvalue weighted by molar-refractivity contribution is 14.0. The van der Waals surface area contributed by atoms with E-state index in [-0.39, 0.29) is 29.8 Å². The maximum Gasteiger partial charge on any atom is 0.196 e. The minimum Gasteiger partial charge on any atom is -0.490 e. The van der Waals surface area contributed by atoms with Gasteiger partial charge >= 0.3 is 0 Å². The number of ether oxygens (including phenoxy) is 2. The van der Waals surface area contributed by atoms with Gasteiger partial charge < -0.3 is 20.1 Å². The first-order chi connectivity index (χ1) is 15.2. The summed E-state index contributed by atoms with van der Waals surface area (Å²) in [7, 11) is 1.88. The average Bonchev–Trinajstić information content (AvgIpc) is 3.04. The van der Waals surface area contributed by atoms with E-state index in [0.29, 0.717) is 50.0 Å². The molecule has 2 heterocycles. The van der Waals surface area contributed by atoms with E-state index >= 15 is 0 Å². The van der Waals surface area contributed by atoms with Crippen molar-refractivity contribution in [3.8, 4) is 11.5 Å². The molecule has 4 rings (SSSR count). The number of nitrogens with zero attached hydrogens (tertiary/aromatic N) is 3. The van der Waals surface area contributed by atoms with Gasteiger partial charge in [-0.15, -0.1) is 24.0 Å². The molecular weight excluding hydrogens is 524 g/mol. The van der Waals surface area contributed by atoms with E-state index in [1.54, 1.807) is 23.0 Å². The van der Waals surface area contributed by atoms with Gasteiger partial charge in [-0.25, -0.2) is 9.38 Å². The molecule has 2 N–H and O–H groups in total. The van der Waals surface area contributed by atoms with Crippen molar-refractivity contribution in [2.45, 2.75) is 19.4 Å². The highest BCUT2D eigenvalue weighted by Gasteiger charge is 2.12. The Bertz CT molecular complexity index is 1060. The molecule has 3 aromatic rings. The molecule has 0 aliphatic carbocycles. The van der Waals surface area contributed by atoms with Crippen molar-refractivity contribution in [2.75, 3.05) is 25.1 Å². The van der Waals surface area contributed by atoms with E-state index in [0.717, 1.165) is 23.6 Å². The van der Waals surface area contributed by atoms with Crippen LogP contribution >= 0.6 is 24.0 Å². The van der Waals surface area contributed by atoms with Crippen LogP contribution in [-0.2, 0) is 20.0 Å². The fraction of sp³-hybridized carbons (Fsp3) is 0.304. The minimum absolute atomic E-state index is 0. The Hall–Kier alpha value is -2.82. The molecule has 170 valence electrons. The van der Waals surface area contributed by atoms with Gasteiger partial charge in [0.25, 0.3) is 0 Å². The quantitative estimate of drug-likeness (QED) is 0.274. The molecule has 0 radical (unpaired) electrons. The van der Waals surface area contributed by atoms with Gasteiger partial charge in [-0.1, -0.05) is 18.2 Å². The molecule has 0 bridgehead atoms. The first kappa shape index (κ1) is 23.8. The second-order valence-electron chi connectivity index (χ2n) is 7.22. The molecule has 1 aliphatic rings. The fourth-order valence-electron chi connectivity index (χ4n) is 3.25. The lowest BCUT2D eigenvalue weighted by molar-refractivity contribution is 0.297. The lowest BCUT2D eigenvalue weighted by Gasteiger charge is -2.15. The second kappa shape index (κ2) is 11.7. The van der Waals surface area contributed by atoms with Crippen LogP contribution in [0.15, 0.2) is 59.7 Å². The normalized spacial score (nSPS) is 13.1. The van der Waals surface area contributed by atoms with E-state index in [1.807, 2.05) is 37.4 Å². The van der Waals surface area contributed by atoms with Crippen LogP contribution < -0.4 is 20.1 Å². The predicted octanol–water partition coefficient (Wildman–Crippen LogP) is 4.14. The number of benzene rings is 2. The number of halogens is 2. The molecule has 9 heteroatoms. The smallest absolute Gasteiger partial charge is 0.196 e. The third kappa shape index (κ3) is 6.35. The second-order valence-corrected chi connectivity index (χ2v) is 7.22. The van der Waals surface area contributed by atoms with Gasteiger partial charge in [0.05, 0.1) is 25.5 Å². The zero-order chi connectivity index (χ0) is 21.5. The summed E-state index contributed by atoms with van der Waals surface area (Å²) in [5.41, 5.74) is 2.47. The zero-order valence-electron chi connectivity index (χ0n) is 17.9. The number of fused-ring (bicyclic) bond motifs is 1. The van der Waals surface area contributed by atoms with Crippen molar-refractivity contribution in [2.24, 2.45) is 12.0 Å². The molecule has 1 aliphatic heterocycles. The van der Waals surface area contributed by atoms with Crippen LogP contribution in [0.5, 0.6) is 11.5 Å². The summed E-state index contributed by atoms with van der Waals surface area (Å²) in [4.78, 5) is 4.67. The van der Waals surface area contributed by atoms with Gasteiger partial charge in [-0.3, -0.25) is 4.68 Å². The maximum atomic E-state index is 13.9. The predicted molar refractivity (Wildman–Crippen MR) is 134 cm³/mol. The van der Waals surface area contributed by atoms with Gasteiger partial charge in [-0.2, -0.15) is 5.10 Å². The Balaban J connectivity index is 0.00000289. The van der Waals surface area contributed by atoms with Crippen LogP contribution in [-0.4, -0.2) is 35.5 Å². The van der Waals surface area contributed by atoms with Crippen LogP contribution in [0.1, 0.15) is 17.7 Å². The highest BCUT2D eigenvalue weighted by Crippen LogP contribution is 2.32. The molecule has 1 aromatic heterocycles. The number of anilines is 1. The Morgan fingerprint density at radius 2 is 1.94 bits per heavy atom. The topological polar surface area (TPSA) is 72.7 Å². The van der Waals surface area contributed by atoms with E-state index in [1.165, 1.54) is 6.07 Å². The first-order valence-corrected chi connectivity index (χ1v) is 10.3. The van der Waals surface area contributed by atoms with Crippen molar-refractivity contribution >= 4 is 35.6 Å². The average molecular weight is 551 g/mol. The number of aryl methyl sites for hydroxylation is 1. The molecule has 0 saturated carbocycles. The number of guanidine groups is 1. The molecule has 2 aromatic carbocycles. The summed E-state index contributed by atoms with van der Waals surface area (Å²) in [6.07, 6.45) is 3.14. The summed E-state index contributed by atoms with van der Waals surface area (Å²) in [6.45, 7) is 2.26. The Morgan fingerprint density at radius 3 is 2.72 bits per heavy atom. The van der Waals surface area contributed by atoms with Gasteiger partial charge in [0.1, 0.15) is 5.82 Å². The van der Waals surface area contributed by atoms with E-state index in [2.05, 4.69) is 20.7 Å². The number of hydrogen-bond donors (Lipinski definition) is 2. The van der Waals surface area contributed by atoms with Crippen LogP contribution in [0.3, 0.4) is 0 Å². The first-order valence-electron chi connectivity index (χ1n) is 10.3. The lowest BCUT2D eigenvalue weighted by Crippen LogP contribution is -2.32. The number of nitrogens with one attached hydrogen (secondary N) is 2. The van der Waals surface area contributed by atoms with E-state index in [9.17, 15) is 4.39 Å². The Labute approximate surface area is 204 Å². The third-order valence-corrected chi connectivity index (χ3v) is 4.98. The Morgan fingerprint density at radius 1 is 1.12 bits per heavy atom. The van der Waals surface area contributed by atoms with Gasteiger partial charge in [0.2, 0.25) is 0 Å². The zero-order valence-corrected chi connectivity index (χ0v) is 20.2. The summed E-state index contributed by atoms with van der Waals surface area (Å²) in [5, 5.41) is 10.8. The summed E-state index contributed by atoms with van der Waals surface area (Å²) in [5.74, 6) is 1.84. The molecule has 32 heavy (non-hydrogen) atoms. The summed E-state index contributed by atoms with van der Waals surface area (Å²) < 4.78 is 27.2. The van der Waals surface area contributed by atoms with Crippen LogP contribution in [0.25, 0.3) is 0 Å². The van der Waals surface area contributed by atoms with E-state index < -0.39 is 0 Å². The fourth-order valence-corrected chi connectivity index (χ4v) is 3.25. The molecule has 7 nitrogen and oxygen atoms in total. The molecule has 0 saturated heterocycles. The third-order valence-electron chi connectivity index (χ3n) is 4.98. The number of aliphatic imine (C=N–C) groups is 1. The van der Waals surface area contributed by atoms with Crippen molar-refractivity contribution < 1.29 is 13.9 Å². The van der Waals surface area contributed by atoms with E-state index in [4.69, 9.17) is 9.47 Å². The highest BCUT2D eigenvalue weighted by atomic mass is 127. The molecular formula is C23H27FIN5O2. The van der Waals surface area contributed by atoms with Crippen molar-refractivity contribution in [3.63, 3.8) is 0 Å². The number of hydrogen-bond acceptors (Lipinski definition) is 4. The summed E-state index contributed by atoms with van der Waals surface area (Å²) in [6, 6.07) is 14.4. The lowest BCUT2D eigenvalue weighted by atomic mass is 10.1. The molecule has 0 spiro atoms. The van der Waals surface area contributed by atoms with Crippen molar-refractivity contribution in [1.82, 2.24) is 15.1 Å². The number of rotatable bonds is 6. The van der Waals surface area contributed by atoms with Gasteiger partial charge in [-0.05, 0) is 36.2 Å². The Kier molecular flexibility index (Phi) is 8.72. The monoisotopic (exact) mass is 551 g/mol.